The molecule has 2 heterocycles. The molecular weight excluding hydrogens is 212 g/mol. The summed E-state index contributed by atoms with van der Waals surface area (Å²) in [5.74, 6) is 1.10. The van der Waals surface area contributed by atoms with E-state index in [2.05, 4.69) is 34.1 Å². The van der Waals surface area contributed by atoms with Crippen LogP contribution in [0.25, 0.3) is 0 Å². The first-order chi connectivity index (χ1) is 8.25. The van der Waals surface area contributed by atoms with Crippen LogP contribution in [0.2, 0.25) is 0 Å². The van der Waals surface area contributed by atoms with Gasteiger partial charge in [0.1, 0.15) is 0 Å². The van der Waals surface area contributed by atoms with Gasteiger partial charge in [-0.15, -0.1) is 0 Å². The van der Waals surface area contributed by atoms with Crippen molar-refractivity contribution in [3.05, 3.63) is 48.0 Å². The summed E-state index contributed by atoms with van der Waals surface area (Å²) in [6.07, 6.45) is 5.50. The quantitative estimate of drug-likeness (QED) is 0.874. The van der Waals surface area contributed by atoms with Crippen molar-refractivity contribution in [2.75, 3.05) is 5.32 Å². The van der Waals surface area contributed by atoms with Crippen molar-refractivity contribution in [1.82, 2.24) is 15.0 Å². The summed E-state index contributed by atoms with van der Waals surface area (Å²) < 4.78 is 0. The molecule has 4 nitrogen and oxygen atoms in total. The number of anilines is 1. The van der Waals surface area contributed by atoms with Crippen molar-refractivity contribution in [3.8, 4) is 0 Å². The summed E-state index contributed by atoms with van der Waals surface area (Å²) in [5.41, 5.74) is 2.12. The molecule has 0 aliphatic carbocycles. The standard InChI is InChI=1S/C13H16N4/c1-10(2)11-7-15-13(16-8-11)17-9-12-5-3-4-6-14-12/h3-8,10H,9H2,1-2H3,(H,15,16,17). The molecule has 17 heavy (non-hydrogen) atoms. The molecule has 4 heteroatoms. The minimum atomic E-state index is 0.458. The molecule has 0 aliphatic rings. The van der Waals surface area contributed by atoms with Gasteiger partial charge in [-0.2, -0.15) is 0 Å². The van der Waals surface area contributed by atoms with Crippen LogP contribution < -0.4 is 5.32 Å². The molecule has 0 amide bonds. The third-order valence-electron chi connectivity index (χ3n) is 2.49. The first kappa shape index (κ1) is 11.5. The Hall–Kier alpha value is -1.97. The van der Waals surface area contributed by atoms with Gasteiger partial charge in [0.05, 0.1) is 12.2 Å². The molecule has 0 fully saturated rings. The van der Waals surface area contributed by atoms with Crippen LogP contribution in [0.4, 0.5) is 5.95 Å². The van der Waals surface area contributed by atoms with Crippen molar-refractivity contribution in [2.24, 2.45) is 0 Å². The molecule has 2 aromatic rings. The lowest BCUT2D eigenvalue weighted by Crippen LogP contribution is -2.05. The highest BCUT2D eigenvalue weighted by molar-refractivity contribution is 5.26. The molecule has 0 aromatic carbocycles. The topological polar surface area (TPSA) is 50.7 Å². The molecule has 2 aromatic heterocycles. The van der Waals surface area contributed by atoms with Crippen LogP contribution >= 0.6 is 0 Å². The van der Waals surface area contributed by atoms with E-state index in [0.29, 0.717) is 18.4 Å². The summed E-state index contributed by atoms with van der Waals surface area (Å²) in [6.45, 7) is 4.89. The molecule has 0 bridgehead atoms. The first-order valence-corrected chi connectivity index (χ1v) is 5.71. The maximum atomic E-state index is 4.27. The fourth-order valence-electron chi connectivity index (χ4n) is 1.40. The molecule has 0 saturated heterocycles. The summed E-state index contributed by atoms with van der Waals surface area (Å²) in [4.78, 5) is 12.8. The van der Waals surface area contributed by atoms with Crippen molar-refractivity contribution >= 4 is 5.95 Å². The molecule has 88 valence electrons. The van der Waals surface area contributed by atoms with Crippen molar-refractivity contribution in [1.29, 1.82) is 0 Å². The number of aromatic nitrogens is 3. The summed E-state index contributed by atoms with van der Waals surface area (Å²) in [5, 5.41) is 3.14. The summed E-state index contributed by atoms with van der Waals surface area (Å²) in [7, 11) is 0. The van der Waals surface area contributed by atoms with Crippen LogP contribution in [0.5, 0.6) is 0 Å². The number of hydrogen-bond donors (Lipinski definition) is 1. The molecule has 0 aliphatic heterocycles. The third-order valence-corrected chi connectivity index (χ3v) is 2.49. The second-order valence-corrected chi connectivity index (χ2v) is 4.17. The van der Waals surface area contributed by atoms with E-state index in [-0.39, 0.29) is 0 Å². The minimum Gasteiger partial charge on any atom is -0.349 e. The second-order valence-electron chi connectivity index (χ2n) is 4.17. The van der Waals surface area contributed by atoms with Gasteiger partial charge in [-0.05, 0) is 23.6 Å². The molecule has 2 rings (SSSR count). The van der Waals surface area contributed by atoms with E-state index in [1.165, 1.54) is 0 Å². The molecular formula is C13H16N4. The monoisotopic (exact) mass is 228 g/mol. The number of rotatable bonds is 4. The SMILES string of the molecule is CC(C)c1cnc(NCc2ccccn2)nc1. The van der Waals surface area contributed by atoms with E-state index >= 15 is 0 Å². The van der Waals surface area contributed by atoms with Gasteiger partial charge in [0, 0.05) is 18.6 Å². The lowest BCUT2D eigenvalue weighted by atomic mass is 10.1. The average Bonchev–Trinajstić information content (AvgIpc) is 2.38. The number of nitrogens with zero attached hydrogens (tertiary/aromatic N) is 3. The van der Waals surface area contributed by atoms with Gasteiger partial charge in [-0.3, -0.25) is 4.98 Å². The highest BCUT2D eigenvalue weighted by Crippen LogP contribution is 2.12. The fourth-order valence-corrected chi connectivity index (χ4v) is 1.40. The van der Waals surface area contributed by atoms with E-state index in [1.807, 2.05) is 30.6 Å². The Labute approximate surface area is 101 Å². The summed E-state index contributed by atoms with van der Waals surface area (Å²) in [6, 6.07) is 5.83. The summed E-state index contributed by atoms with van der Waals surface area (Å²) >= 11 is 0. The van der Waals surface area contributed by atoms with Gasteiger partial charge in [0.25, 0.3) is 0 Å². The van der Waals surface area contributed by atoms with Gasteiger partial charge in [0.15, 0.2) is 0 Å². The normalized spacial score (nSPS) is 10.5. The molecule has 0 radical (unpaired) electrons. The van der Waals surface area contributed by atoms with Crippen molar-refractivity contribution in [3.63, 3.8) is 0 Å². The Balaban J connectivity index is 1.96. The Bertz CT molecular complexity index is 451. The smallest absolute Gasteiger partial charge is 0.222 e. The second kappa shape index (κ2) is 5.39. The highest BCUT2D eigenvalue weighted by atomic mass is 15.1. The zero-order valence-corrected chi connectivity index (χ0v) is 10.1. The highest BCUT2D eigenvalue weighted by Gasteiger charge is 2.01. The van der Waals surface area contributed by atoms with E-state index in [9.17, 15) is 0 Å². The Morgan fingerprint density at radius 2 is 1.88 bits per heavy atom. The molecule has 0 saturated carbocycles. The predicted octanol–water partition coefficient (Wildman–Crippen LogP) is 2.61. The lowest BCUT2D eigenvalue weighted by molar-refractivity contribution is 0.844. The van der Waals surface area contributed by atoms with Crippen LogP contribution in [0, 0.1) is 0 Å². The number of hydrogen-bond acceptors (Lipinski definition) is 4. The van der Waals surface area contributed by atoms with E-state index in [4.69, 9.17) is 0 Å². The Kier molecular flexibility index (Phi) is 3.65. The largest absolute Gasteiger partial charge is 0.349 e. The van der Waals surface area contributed by atoms with E-state index in [0.717, 1.165) is 11.3 Å². The molecule has 0 unspecified atom stereocenters. The molecule has 1 N–H and O–H groups in total. The Morgan fingerprint density at radius 1 is 1.12 bits per heavy atom. The van der Waals surface area contributed by atoms with Crippen LogP contribution in [0.15, 0.2) is 36.8 Å². The van der Waals surface area contributed by atoms with Crippen molar-refractivity contribution in [2.45, 2.75) is 26.3 Å². The van der Waals surface area contributed by atoms with Gasteiger partial charge < -0.3 is 5.32 Å². The minimum absolute atomic E-state index is 0.458. The number of pyridine rings is 1. The van der Waals surface area contributed by atoms with Crippen LogP contribution in [0.1, 0.15) is 31.0 Å². The van der Waals surface area contributed by atoms with Crippen LogP contribution in [0.3, 0.4) is 0 Å². The number of nitrogens with one attached hydrogen (secondary N) is 1. The first-order valence-electron chi connectivity index (χ1n) is 5.71. The third kappa shape index (κ3) is 3.24. The average molecular weight is 228 g/mol. The zero-order chi connectivity index (χ0) is 12.1. The zero-order valence-electron chi connectivity index (χ0n) is 10.1. The van der Waals surface area contributed by atoms with E-state index < -0.39 is 0 Å². The lowest BCUT2D eigenvalue weighted by Gasteiger charge is -2.06. The van der Waals surface area contributed by atoms with Gasteiger partial charge in [-0.25, -0.2) is 9.97 Å². The maximum Gasteiger partial charge on any atom is 0.222 e. The van der Waals surface area contributed by atoms with Gasteiger partial charge >= 0.3 is 0 Å². The van der Waals surface area contributed by atoms with Gasteiger partial charge in [-0.1, -0.05) is 19.9 Å². The van der Waals surface area contributed by atoms with Crippen LogP contribution in [-0.4, -0.2) is 15.0 Å². The molecule has 0 atom stereocenters. The molecule has 0 spiro atoms. The predicted molar refractivity (Wildman–Crippen MR) is 67.7 cm³/mol. The van der Waals surface area contributed by atoms with Crippen molar-refractivity contribution < 1.29 is 0 Å². The fraction of sp³-hybridized carbons (Fsp3) is 0.308. The Morgan fingerprint density at radius 3 is 2.47 bits per heavy atom. The maximum absolute atomic E-state index is 4.27. The van der Waals surface area contributed by atoms with Gasteiger partial charge in [0.2, 0.25) is 5.95 Å². The van der Waals surface area contributed by atoms with Crippen LogP contribution in [-0.2, 0) is 6.54 Å². The van der Waals surface area contributed by atoms with E-state index in [1.54, 1.807) is 6.20 Å².